The number of nitrogens with one attached hydrogen (secondary N) is 1. The quantitative estimate of drug-likeness (QED) is 0.384. The van der Waals surface area contributed by atoms with Crippen LogP contribution in [-0.4, -0.2) is 23.9 Å². The average molecular weight is 483 g/mol. The van der Waals surface area contributed by atoms with E-state index in [9.17, 15) is 19.3 Å². The first-order valence-electron chi connectivity index (χ1n) is 8.65. The Balaban J connectivity index is 1.85. The van der Waals surface area contributed by atoms with Crippen LogP contribution in [0.5, 0.6) is 0 Å². The molecular formula is C19H19FIN3O3. The number of carbonyl (C=O) groups is 1. The summed E-state index contributed by atoms with van der Waals surface area (Å²) in [6, 6.07) is 8.84. The number of halogens is 2. The van der Waals surface area contributed by atoms with Gasteiger partial charge >= 0.3 is 0 Å². The number of hydrogen-bond donors (Lipinski definition) is 1. The van der Waals surface area contributed by atoms with Crippen LogP contribution in [0.25, 0.3) is 0 Å². The number of benzene rings is 2. The molecule has 6 nitrogen and oxygen atoms in total. The molecule has 142 valence electrons. The fraction of sp³-hybridized carbons (Fsp3) is 0.316. The van der Waals surface area contributed by atoms with Gasteiger partial charge in [-0.2, -0.15) is 0 Å². The molecule has 0 saturated carbocycles. The minimum atomic E-state index is -0.586. The monoisotopic (exact) mass is 483 g/mol. The van der Waals surface area contributed by atoms with Gasteiger partial charge in [-0.3, -0.25) is 14.9 Å². The molecule has 0 aromatic heterocycles. The first-order valence-corrected chi connectivity index (χ1v) is 9.73. The predicted octanol–water partition coefficient (Wildman–Crippen LogP) is 4.83. The summed E-state index contributed by atoms with van der Waals surface area (Å²) >= 11 is 1.97. The zero-order valence-electron chi connectivity index (χ0n) is 14.7. The number of piperidine rings is 1. The highest BCUT2D eigenvalue weighted by molar-refractivity contribution is 14.1. The fourth-order valence-corrected chi connectivity index (χ4v) is 3.57. The van der Waals surface area contributed by atoms with Crippen LogP contribution in [0, 0.1) is 25.4 Å². The van der Waals surface area contributed by atoms with Gasteiger partial charge in [-0.25, -0.2) is 4.39 Å². The van der Waals surface area contributed by atoms with Crippen LogP contribution in [0.3, 0.4) is 0 Å². The van der Waals surface area contributed by atoms with Crippen LogP contribution in [-0.2, 0) is 0 Å². The fourth-order valence-electron chi connectivity index (χ4n) is 3.11. The van der Waals surface area contributed by atoms with Gasteiger partial charge in [0, 0.05) is 28.3 Å². The van der Waals surface area contributed by atoms with Crippen molar-refractivity contribution in [1.29, 1.82) is 0 Å². The summed E-state index contributed by atoms with van der Waals surface area (Å²) in [7, 11) is 0. The van der Waals surface area contributed by atoms with Crippen molar-refractivity contribution in [1.82, 2.24) is 0 Å². The Morgan fingerprint density at radius 1 is 1.26 bits per heavy atom. The van der Waals surface area contributed by atoms with E-state index < -0.39 is 16.6 Å². The van der Waals surface area contributed by atoms with E-state index in [4.69, 9.17) is 0 Å². The van der Waals surface area contributed by atoms with E-state index >= 15 is 0 Å². The van der Waals surface area contributed by atoms with Crippen LogP contribution in [0.15, 0.2) is 36.4 Å². The van der Waals surface area contributed by atoms with E-state index in [2.05, 4.69) is 12.2 Å². The molecule has 0 bridgehead atoms. The molecule has 27 heavy (non-hydrogen) atoms. The number of nitrogens with zero attached hydrogens (tertiary/aromatic N) is 2. The maximum atomic E-state index is 13.9. The molecule has 1 aliphatic heterocycles. The Hall–Kier alpha value is -2.23. The molecule has 0 unspecified atom stereocenters. The van der Waals surface area contributed by atoms with Crippen molar-refractivity contribution in [3.63, 3.8) is 0 Å². The van der Waals surface area contributed by atoms with Crippen LogP contribution < -0.4 is 10.2 Å². The number of nitro benzene ring substituents is 1. The van der Waals surface area contributed by atoms with Crippen molar-refractivity contribution in [2.24, 2.45) is 5.92 Å². The lowest BCUT2D eigenvalue weighted by atomic mass is 9.98. The molecule has 0 spiro atoms. The SMILES string of the molecule is CC1CCN(c2ccc(C(=O)Nc3ccc(I)cc3F)cc2[N+](=O)[O-])CC1. The molecule has 0 atom stereocenters. The van der Waals surface area contributed by atoms with Crippen molar-refractivity contribution in [2.75, 3.05) is 23.3 Å². The maximum absolute atomic E-state index is 13.9. The maximum Gasteiger partial charge on any atom is 0.293 e. The highest BCUT2D eigenvalue weighted by atomic mass is 127. The lowest BCUT2D eigenvalue weighted by molar-refractivity contribution is -0.384. The molecule has 1 aliphatic rings. The molecule has 1 saturated heterocycles. The second-order valence-corrected chi connectivity index (χ2v) is 7.95. The number of carbonyl (C=O) groups excluding carboxylic acids is 1. The Morgan fingerprint density at radius 2 is 1.96 bits per heavy atom. The van der Waals surface area contributed by atoms with Crippen LogP contribution in [0.1, 0.15) is 30.1 Å². The first kappa shape index (κ1) is 19.5. The van der Waals surface area contributed by atoms with E-state index in [1.807, 2.05) is 27.5 Å². The van der Waals surface area contributed by atoms with E-state index in [0.717, 1.165) is 25.9 Å². The second kappa shape index (κ2) is 8.20. The summed E-state index contributed by atoms with van der Waals surface area (Å²) in [5.74, 6) is -0.532. The van der Waals surface area contributed by atoms with Crippen molar-refractivity contribution in [3.8, 4) is 0 Å². The van der Waals surface area contributed by atoms with E-state index in [1.165, 1.54) is 18.2 Å². The van der Waals surface area contributed by atoms with Crippen molar-refractivity contribution >= 4 is 45.6 Å². The lowest BCUT2D eigenvalue weighted by Crippen LogP contribution is -2.33. The number of hydrogen-bond acceptors (Lipinski definition) is 4. The molecule has 3 rings (SSSR count). The molecule has 1 N–H and O–H groups in total. The van der Waals surface area contributed by atoms with Gasteiger partial charge in [0.25, 0.3) is 11.6 Å². The highest BCUT2D eigenvalue weighted by Gasteiger charge is 2.25. The molecule has 1 amide bonds. The lowest BCUT2D eigenvalue weighted by Gasteiger charge is -2.31. The zero-order valence-corrected chi connectivity index (χ0v) is 16.9. The largest absolute Gasteiger partial charge is 0.366 e. The molecule has 1 fully saturated rings. The highest BCUT2D eigenvalue weighted by Crippen LogP contribution is 2.32. The summed E-state index contributed by atoms with van der Waals surface area (Å²) in [6.07, 6.45) is 1.96. The minimum Gasteiger partial charge on any atom is -0.366 e. The zero-order chi connectivity index (χ0) is 19.6. The third kappa shape index (κ3) is 4.55. The summed E-state index contributed by atoms with van der Waals surface area (Å²) in [5.41, 5.74) is 0.565. The van der Waals surface area contributed by atoms with Crippen molar-refractivity contribution < 1.29 is 14.1 Å². The van der Waals surface area contributed by atoms with Gasteiger partial charge in [-0.15, -0.1) is 0 Å². The van der Waals surface area contributed by atoms with Crippen LogP contribution >= 0.6 is 22.6 Å². The number of nitro groups is 1. The van der Waals surface area contributed by atoms with Crippen molar-refractivity contribution in [2.45, 2.75) is 19.8 Å². The van der Waals surface area contributed by atoms with Gasteiger partial charge in [0.05, 0.1) is 10.6 Å². The van der Waals surface area contributed by atoms with Gasteiger partial charge < -0.3 is 10.2 Å². The molecule has 2 aromatic rings. The van der Waals surface area contributed by atoms with Crippen LogP contribution in [0.4, 0.5) is 21.5 Å². The standard InChI is InChI=1S/C19H19FIN3O3/c1-12-6-8-23(9-7-12)17-5-2-13(10-18(17)24(26)27)19(25)22-16-4-3-14(21)11-15(16)20/h2-5,10-12H,6-9H2,1H3,(H,22,25). The second-order valence-electron chi connectivity index (χ2n) is 6.71. The Labute approximate surface area is 170 Å². The van der Waals surface area contributed by atoms with Gasteiger partial charge in [0.15, 0.2) is 0 Å². The number of anilines is 2. The van der Waals surface area contributed by atoms with E-state index in [0.29, 0.717) is 15.2 Å². The Morgan fingerprint density at radius 3 is 2.59 bits per heavy atom. The molecule has 0 aliphatic carbocycles. The molecule has 0 radical (unpaired) electrons. The topological polar surface area (TPSA) is 75.5 Å². The molecular weight excluding hydrogens is 464 g/mol. The van der Waals surface area contributed by atoms with Gasteiger partial charge in [0.2, 0.25) is 0 Å². The van der Waals surface area contributed by atoms with E-state index in [-0.39, 0.29) is 16.9 Å². The third-order valence-electron chi connectivity index (χ3n) is 4.74. The summed E-state index contributed by atoms with van der Waals surface area (Å²) < 4.78 is 14.6. The van der Waals surface area contributed by atoms with Gasteiger partial charge in [-0.1, -0.05) is 6.92 Å². The average Bonchev–Trinajstić information content (AvgIpc) is 2.64. The number of rotatable bonds is 4. The molecule has 8 heteroatoms. The van der Waals surface area contributed by atoms with Crippen LogP contribution in [0.2, 0.25) is 0 Å². The smallest absolute Gasteiger partial charge is 0.293 e. The van der Waals surface area contributed by atoms with Gasteiger partial charge in [-0.05, 0) is 71.7 Å². The Bertz CT molecular complexity index is 882. The molecule has 1 heterocycles. The minimum absolute atomic E-state index is 0.0390. The first-order chi connectivity index (χ1) is 12.8. The third-order valence-corrected chi connectivity index (χ3v) is 5.41. The summed E-state index contributed by atoms with van der Waals surface area (Å²) in [6.45, 7) is 3.67. The number of amides is 1. The normalized spacial score (nSPS) is 14.9. The predicted molar refractivity (Wildman–Crippen MR) is 111 cm³/mol. The van der Waals surface area contributed by atoms with Crippen molar-refractivity contribution in [3.05, 3.63) is 61.5 Å². The van der Waals surface area contributed by atoms with E-state index in [1.54, 1.807) is 18.2 Å². The molecule has 2 aromatic carbocycles. The summed E-state index contributed by atoms with van der Waals surface area (Å²) in [4.78, 5) is 25.5. The van der Waals surface area contributed by atoms with Gasteiger partial charge in [0.1, 0.15) is 11.5 Å². The summed E-state index contributed by atoms with van der Waals surface area (Å²) in [5, 5.41) is 14.0. The Kier molecular flexibility index (Phi) is 5.93.